The fourth-order valence-corrected chi connectivity index (χ4v) is 8.75. The standard InChI is InChI=1S/C50H33NS/c1-3-12-35(13-4-1)36-24-22-34(23-25-36)30-45(40-27-29-50-46(32-40)44-19-8-10-21-49(44)52-50)39-15-11-14-37(31-39)38-26-28-43-42-18-7-9-20-47(42)51(48(43)33-38)41-16-5-2-6-17-41/h1-33H. The van der Waals surface area contributed by atoms with Gasteiger partial charge in [0.25, 0.3) is 0 Å². The summed E-state index contributed by atoms with van der Waals surface area (Å²) in [4.78, 5) is 0. The van der Waals surface area contributed by atoms with Crippen molar-refractivity contribution >= 4 is 65.0 Å². The number of thiophene rings is 1. The van der Waals surface area contributed by atoms with Gasteiger partial charge in [0.15, 0.2) is 0 Å². The molecule has 10 aromatic rings. The van der Waals surface area contributed by atoms with Crippen molar-refractivity contribution in [3.05, 3.63) is 211 Å². The fraction of sp³-hybridized carbons (Fsp3) is 0. The van der Waals surface area contributed by atoms with E-state index >= 15 is 0 Å². The van der Waals surface area contributed by atoms with Crippen molar-refractivity contribution in [3.8, 4) is 27.9 Å². The van der Waals surface area contributed by atoms with Gasteiger partial charge in [-0.25, -0.2) is 0 Å². The molecule has 2 heteroatoms. The van der Waals surface area contributed by atoms with E-state index in [-0.39, 0.29) is 0 Å². The van der Waals surface area contributed by atoms with Crippen molar-refractivity contribution in [2.24, 2.45) is 0 Å². The molecule has 8 aromatic carbocycles. The van der Waals surface area contributed by atoms with Crippen molar-refractivity contribution in [2.75, 3.05) is 0 Å². The van der Waals surface area contributed by atoms with Crippen LogP contribution < -0.4 is 0 Å². The minimum Gasteiger partial charge on any atom is -0.309 e. The van der Waals surface area contributed by atoms with Gasteiger partial charge in [0.05, 0.1) is 11.0 Å². The van der Waals surface area contributed by atoms with E-state index in [9.17, 15) is 0 Å². The van der Waals surface area contributed by atoms with Crippen LogP contribution in [0.25, 0.3) is 81.6 Å². The molecule has 0 N–H and O–H groups in total. The van der Waals surface area contributed by atoms with E-state index in [2.05, 4.69) is 205 Å². The number of hydrogen-bond donors (Lipinski definition) is 0. The average Bonchev–Trinajstić information content (AvgIpc) is 3.76. The molecule has 0 fully saturated rings. The predicted octanol–water partition coefficient (Wildman–Crippen LogP) is 14.1. The Morgan fingerprint density at radius 3 is 1.85 bits per heavy atom. The Morgan fingerprint density at radius 2 is 1.00 bits per heavy atom. The number of benzene rings is 8. The van der Waals surface area contributed by atoms with Crippen molar-refractivity contribution in [1.82, 2.24) is 4.57 Å². The molecule has 0 amide bonds. The number of hydrogen-bond acceptors (Lipinski definition) is 1. The van der Waals surface area contributed by atoms with E-state index in [4.69, 9.17) is 0 Å². The van der Waals surface area contributed by atoms with Gasteiger partial charge in [0.1, 0.15) is 0 Å². The zero-order valence-electron chi connectivity index (χ0n) is 28.4. The quantitative estimate of drug-likeness (QED) is 0.154. The minimum absolute atomic E-state index is 1.17. The summed E-state index contributed by atoms with van der Waals surface area (Å²) in [7, 11) is 0. The van der Waals surface area contributed by atoms with Crippen molar-refractivity contribution < 1.29 is 0 Å². The van der Waals surface area contributed by atoms with Crippen LogP contribution >= 0.6 is 11.3 Å². The van der Waals surface area contributed by atoms with Gasteiger partial charge in [-0.05, 0) is 99.1 Å². The van der Waals surface area contributed by atoms with E-state index in [1.54, 1.807) is 0 Å². The summed E-state index contributed by atoms with van der Waals surface area (Å²) in [5.41, 5.74) is 13.2. The molecule has 0 aliphatic heterocycles. The van der Waals surface area contributed by atoms with Crippen molar-refractivity contribution in [2.45, 2.75) is 0 Å². The van der Waals surface area contributed by atoms with E-state index in [0.29, 0.717) is 0 Å². The van der Waals surface area contributed by atoms with Crippen LogP contribution in [0, 0.1) is 0 Å². The van der Waals surface area contributed by atoms with Crippen LogP contribution in [-0.4, -0.2) is 4.57 Å². The van der Waals surface area contributed by atoms with Crippen LogP contribution in [0.5, 0.6) is 0 Å². The topological polar surface area (TPSA) is 4.93 Å². The number of fused-ring (bicyclic) bond motifs is 6. The molecule has 0 spiro atoms. The molecule has 0 unspecified atom stereocenters. The van der Waals surface area contributed by atoms with Crippen molar-refractivity contribution in [1.29, 1.82) is 0 Å². The third-order valence-corrected chi connectivity index (χ3v) is 11.4. The van der Waals surface area contributed by atoms with Crippen LogP contribution in [0.15, 0.2) is 194 Å². The molecule has 0 atom stereocenters. The summed E-state index contributed by atoms with van der Waals surface area (Å²) in [6.07, 6.45) is 2.35. The van der Waals surface area contributed by atoms with E-state index in [1.807, 2.05) is 11.3 Å². The lowest BCUT2D eigenvalue weighted by Gasteiger charge is -2.13. The maximum Gasteiger partial charge on any atom is 0.0547 e. The van der Waals surface area contributed by atoms with Gasteiger partial charge in [-0.15, -0.1) is 11.3 Å². The predicted molar refractivity (Wildman–Crippen MR) is 224 cm³/mol. The van der Waals surface area contributed by atoms with Gasteiger partial charge in [-0.1, -0.05) is 146 Å². The van der Waals surface area contributed by atoms with Crippen LogP contribution in [0.3, 0.4) is 0 Å². The summed E-state index contributed by atoms with van der Waals surface area (Å²) in [5.74, 6) is 0. The highest BCUT2D eigenvalue weighted by atomic mass is 32.1. The number of nitrogens with zero attached hydrogens (tertiary/aromatic N) is 1. The zero-order valence-corrected chi connectivity index (χ0v) is 29.2. The Hall–Kier alpha value is -6.48. The van der Waals surface area contributed by atoms with E-state index < -0.39 is 0 Å². The molecule has 0 saturated carbocycles. The first-order chi connectivity index (χ1) is 25.8. The molecule has 1 nitrogen and oxygen atoms in total. The number of para-hydroxylation sites is 2. The highest BCUT2D eigenvalue weighted by Crippen LogP contribution is 2.39. The molecule has 244 valence electrons. The smallest absolute Gasteiger partial charge is 0.0547 e. The van der Waals surface area contributed by atoms with Gasteiger partial charge >= 0.3 is 0 Å². The SMILES string of the molecule is C(=C(c1cccc(-c2ccc3c4ccccc4n(-c4ccccc4)c3c2)c1)c1ccc2sc3ccccc3c2c1)c1ccc(-c2ccccc2)cc1. The lowest BCUT2D eigenvalue weighted by atomic mass is 9.92. The van der Waals surface area contributed by atoms with Crippen LogP contribution in [0.4, 0.5) is 0 Å². The molecule has 0 aliphatic rings. The summed E-state index contributed by atoms with van der Waals surface area (Å²) in [5, 5.41) is 5.14. The molecular weight excluding hydrogens is 647 g/mol. The summed E-state index contributed by atoms with van der Waals surface area (Å²) in [6.45, 7) is 0. The molecular formula is C50H33NS. The molecule has 0 bridgehead atoms. The van der Waals surface area contributed by atoms with Gasteiger partial charge in [-0.3, -0.25) is 0 Å². The zero-order chi connectivity index (χ0) is 34.4. The molecule has 10 rings (SSSR count). The maximum absolute atomic E-state index is 2.39. The second kappa shape index (κ2) is 12.7. The van der Waals surface area contributed by atoms with Crippen LogP contribution in [-0.2, 0) is 0 Å². The molecule has 0 saturated heterocycles. The normalized spacial score (nSPS) is 12.0. The molecule has 0 aliphatic carbocycles. The highest BCUT2D eigenvalue weighted by molar-refractivity contribution is 7.25. The first-order valence-corrected chi connectivity index (χ1v) is 18.6. The van der Waals surface area contributed by atoms with E-state index in [1.165, 1.54) is 92.2 Å². The summed E-state index contributed by atoms with van der Waals surface area (Å²) >= 11 is 1.86. The van der Waals surface area contributed by atoms with E-state index in [0.717, 1.165) is 0 Å². The first kappa shape index (κ1) is 30.4. The molecule has 2 heterocycles. The van der Waals surface area contributed by atoms with Gasteiger partial charge in [0, 0.05) is 36.6 Å². The second-order valence-corrected chi connectivity index (χ2v) is 14.4. The number of aromatic nitrogens is 1. The molecule has 2 aromatic heterocycles. The summed E-state index contributed by atoms with van der Waals surface area (Å²) in [6, 6.07) is 70.6. The minimum atomic E-state index is 1.17. The Balaban J connectivity index is 1.13. The monoisotopic (exact) mass is 679 g/mol. The lowest BCUT2D eigenvalue weighted by molar-refractivity contribution is 1.18. The van der Waals surface area contributed by atoms with Crippen LogP contribution in [0.2, 0.25) is 0 Å². The fourth-order valence-electron chi connectivity index (χ4n) is 7.67. The first-order valence-electron chi connectivity index (χ1n) is 17.8. The summed E-state index contributed by atoms with van der Waals surface area (Å²) < 4.78 is 5.03. The van der Waals surface area contributed by atoms with Crippen LogP contribution in [0.1, 0.15) is 16.7 Å². The Bertz CT molecular complexity index is 2930. The second-order valence-electron chi connectivity index (χ2n) is 13.4. The Labute approximate surface area is 307 Å². The number of rotatable bonds is 6. The Morgan fingerprint density at radius 1 is 0.385 bits per heavy atom. The molecule has 52 heavy (non-hydrogen) atoms. The molecule has 0 radical (unpaired) electrons. The third kappa shape index (κ3) is 5.33. The highest BCUT2D eigenvalue weighted by Gasteiger charge is 2.15. The average molecular weight is 680 g/mol. The Kier molecular flexibility index (Phi) is 7.41. The van der Waals surface area contributed by atoms with Gasteiger partial charge in [0.2, 0.25) is 0 Å². The van der Waals surface area contributed by atoms with Gasteiger partial charge < -0.3 is 4.57 Å². The largest absolute Gasteiger partial charge is 0.309 e. The van der Waals surface area contributed by atoms with Crippen molar-refractivity contribution in [3.63, 3.8) is 0 Å². The van der Waals surface area contributed by atoms with Gasteiger partial charge in [-0.2, -0.15) is 0 Å². The third-order valence-electron chi connectivity index (χ3n) is 10.2. The maximum atomic E-state index is 2.39. The lowest BCUT2D eigenvalue weighted by Crippen LogP contribution is -1.93.